The highest BCUT2D eigenvalue weighted by Gasteiger charge is 2.37. The molecule has 1 saturated heterocycles. The van der Waals surface area contributed by atoms with E-state index in [1.807, 2.05) is 0 Å². The molecular weight excluding hydrogens is 309 g/mol. The lowest BCUT2D eigenvalue weighted by Crippen LogP contribution is -2.30. The Balaban J connectivity index is 2.48. The first kappa shape index (κ1) is 16.2. The number of carbonyl (C=O) groups excluding carboxylic acids is 2. The summed E-state index contributed by atoms with van der Waals surface area (Å²) in [4.78, 5) is 25.2. The minimum atomic E-state index is -0.757. The van der Waals surface area contributed by atoms with Gasteiger partial charge in [-0.1, -0.05) is 29.8 Å². The number of allylic oxidation sites excluding steroid dienone is 1. The Hall–Kier alpha value is -2.14. The van der Waals surface area contributed by atoms with Crippen molar-refractivity contribution in [3.8, 4) is 5.75 Å². The molecule has 1 aromatic carbocycles. The van der Waals surface area contributed by atoms with Crippen molar-refractivity contribution in [2.75, 3.05) is 11.5 Å². The summed E-state index contributed by atoms with van der Waals surface area (Å²) in [5.74, 6) is -1.56. The number of benzene rings is 1. The van der Waals surface area contributed by atoms with Crippen LogP contribution < -0.4 is 9.64 Å². The summed E-state index contributed by atoms with van der Waals surface area (Å²) in [6.07, 6.45) is 1.47. The Morgan fingerprint density at radius 1 is 1.45 bits per heavy atom. The van der Waals surface area contributed by atoms with E-state index in [1.165, 1.54) is 12.1 Å². The van der Waals surface area contributed by atoms with Crippen molar-refractivity contribution in [1.82, 2.24) is 0 Å². The fraction of sp³-hybridized carbons (Fsp3) is 0.250. The molecule has 0 radical (unpaired) electrons. The highest BCUT2D eigenvalue weighted by Crippen LogP contribution is 2.36. The molecule has 2 amide bonds. The minimum Gasteiger partial charge on any atom is -0.488 e. The maximum Gasteiger partial charge on any atom is 0.261 e. The molecule has 4 nitrogen and oxygen atoms in total. The first-order valence-corrected chi connectivity index (χ1v) is 7.01. The molecule has 1 aliphatic heterocycles. The molecule has 2 rings (SSSR count). The number of halogens is 2. The van der Waals surface area contributed by atoms with Gasteiger partial charge in [0.05, 0.1) is 17.1 Å². The van der Waals surface area contributed by atoms with E-state index < -0.39 is 17.6 Å². The lowest BCUT2D eigenvalue weighted by molar-refractivity contribution is -0.120. The van der Waals surface area contributed by atoms with Gasteiger partial charge >= 0.3 is 0 Å². The lowest BCUT2D eigenvalue weighted by Gasteiger charge is -2.17. The molecule has 0 spiro atoms. The SMILES string of the molecule is C=CCOc1cc(N2C(=O)CC(=C(C)C)C2=O)c(F)cc1Cl. The van der Waals surface area contributed by atoms with Gasteiger partial charge in [-0.25, -0.2) is 9.29 Å². The molecule has 1 aromatic rings. The van der Waals surface area contributed by atoms with Gasteiger partial charge in [0.15, 0.2) is 0 Å². The van der Waals surface area contributed by atoms with Crippen LogP contribution >= 0.6 is 11.6 Å². The summed E-state index contributed by atoms with van der Waals surface area (Å²) in [7, 11) is 0. The van der Waals surface area contributed by atoms with E-state index in [0.29, 0.717) is 5.57 Å². The van der Waals surface area contributed by atoms with Crippen LogP contribution in [-0.4, -0.2) is 18.4 Å². The number of amides is 2. The summed E-state index contributed by atoms with van der Waals surface area (Å²) in [6.45, 7) is 7.16. The third kappa shape index (κ3) is 2.90. The number of rotatable bonds is 4. The third-order valence-electron chi connectivity index (χ3n) is 3.24. The van der Waals surface area contributed by atoms with Crippen LogP contribution in [0.25, 0.3) is 0 Å². The minimum absolute atomic E-state index is 0.0356. The van der Waals surface area contributed by atoms with Crippen molar-refractivity contribution in [2.24, 2.45) is 0 Å². The highest BCUT2D eigenvalue weighted by molar-refractivity contribution is 6.32. The van der Waals surface area contributed by atoms with Gasteiger partial charge in [-0.3, -0.25) is 9.59 Å². The number of nitrogens with zero attached hydrogens (tertiary/aromatic N) is 1. The fourth-order valence-corrected chi connectivity index (χ4v) is 2.34. The highest BCUT2D eigenvalue weighted by atomic mass is 35.5. The second-order valence-corrected chi connectivity index (χ2v) is 5.43. The van der Waals surface area contributed by atoms with Gasteiger partial charge in [0, 0.05) is 11.6 Å². The molecule has 0 bridgehead atoms. The molecule has 0 atom stereocenters. The van der Waals surface area contributed by atoms with E-state index in [0.717, 1.165) is 16.5 Å². The fourth-order valence-electron chi connectivity index (χ4n) is 2.14. The Labute approximate surface area is 132 Å². The van der Waals surface area contributed by atoms with Crippen LogP contribution in [0.15, 0.2) is 35.9 Å². The largest absolute Gasteiger partial charge is 0.488 e. The van der Waals surface area contributed by atoms with E-state index in [1.54, 1.807) is 13.8 Å². The van der Waals surface area contributed by atoms with Crippen LogP contribution in [0.5, 0.6) is 5.75 Å². The molecule has 1 heterocycles. The molecule has 1 fully saturated rings. The van der Waals surface area contributed by atoms with Crippen LogP contribution in [-0.2, 0) is 9.59 Å². The van der Waals surface area contributed by atoms with Gasteiger partial charge in [0.2, 0.25) is 5.91 Å². The first-order valence-electron chi connectivity index (χ1n) is 6.63. The Bertz CT molecular complexity index is 693. The van der Waals surface area contributed by atoms with Crippen LogP contribution in [0.1, 0.15) is 20.3 Å². The maximum absolute atomic E-state index is 14.2. The van der Waals surface area contributed by atoms with Crippen molar-refractivity contribution in [3.05, 3.63) is 46.8 Å². The molecule has 0 aliphatic carbocycles. The summed E-state index contributed by atoms with van der Waals surface area (Å²) in [5, 5.41) is 0.0598. The summed E-state index contributed by atoms with van der Waals surface area (Å²) in [6, 6.07) is 2.28. The van der Waals surface area contributed by atoms with Crippen molar-refractivity contribution >= 4 is 29.1 Å². The summed E-state index contributed by atoms with van der Waals surface area (Å²) in [5.41, 5.74) is 0.959. The molecule has 1 aliphatic rings. The Morgan fingerprint density at radius 3 is 2.68 bits per heavy atom. The molecule has 0 saturated carbocycles. The molecule has 0 aromatic heterocycles. The zero-order valence-corrected chi connectivity index (χ0v) is 13.0. The van der Waals surface area contributed by atoms with E-state index in [-0.39, 0.29) is 29.5 Å². The van der Waals surface area contributed by atoms with Gasteiger partial charge in [-0.2, -0.15) is 0 Å². The number of anilines is 1. The Morgan fingerprint density at radius 2 is 2.14 bits per heavy atom. The predicted molar refractivity (Wildman–Crippen MR) is 82.6 cm³/mol. The average Bonchev–Trinajstić information content (AvgIpc) is 2.74. The van der Waals surface area contributed by atoms with Gasteiger partial charge in [-0.15, -0.1) is 0 Å². The third-order valence-corrected chi connectivity index (χ3v) is 3.54. The van der Waals surface area contributed by atoms with Crippen molar-refractivity contribution in [1.29, 1.82) is 0 Å². The van der Waals surface area contributed by atoms with Gasteiger partial charge in [-0.05, 0) is 19.9 Å². The molecular formula is C16H15ClFNO3. The second kappa shape index (κ2) is 6.32. The van der Waals surface area contributed by atoms with Crippen molar-refractivity contribution < 1.29 is 18.7 Å². The van der Waals surface area contributed by atoms with Crippen LogP contribution in [0.3, 0.4) is 0 Å². The smallest absolute Gasteiger partial charge is 0.261 e. The van der Waals surface area contributed by atoms with Crippen molar-refractivity contribution in [3.63, 3.8) is 0 Å². The van der Waals surface area contributed by atoms with Gasteiger partial charge in [0.25, 0.3) is 5.91 Å². The number of imide groups is 1. The first-order chi connectivity index (χ1) is 10.4. The van der Waals surface area contributed by atoms with Crippen molar-refractivity contribution in [2.45, 2.75) is 20.3 Å². The molecule has 0 unspecified atom stereocenters. The zero-order chi connectivity index (χ0) is 16.4. The quantitative estimate of drug-likeness (QED) is 0.483. The van der Waals surface area contributed by atoms with E-state index in [9.17, 15) is 14.0 Å². The zero-order valence-electron chi connectivity index (χ0n) is 12.3. The summed E-state index contributed by atoms with van der Waals surface area (Å²) < 4.78 is 19.5. The standard InChI is InChI=1S/C16H15ClFNO3/c1-4-5-22-14-8-13(12(18)7-11(14)17)19-15(20)6-10(9(2)3)16(19)21/h4,7-8H,1,5-6H2,2-3H3. The number of hydrogen-bond acceptors (Lipinski definition) is 3. The van der Waals surface area contributed by atoms with Crippen LogP contribution in [0, 0.1) is 5.82 Å². The van der Waals surface area contributed by atoms with E-state index in [4.69, 9.17) is 16.3 Å². The molecule has 116 valence electrons. The lowest BCUT2D eigenvalue weighted by atomic mass is 10.1. The molecule has 6 heteroatoms. The maximum atomic E-state index is 14.2. The normalized spacial score (nSPS) is 14.5. The second-order valence-electron chi connectivity index (χ2n) is 5.02. The molecule has 0 N–H and O–H groups in total. The van der Waals surface area contributed by atoms with Crippen LogP contribution in [0.4, 0.5) is 10.1 Å². The monoisotopic (exact) mass is 323 g/mol. The average molecular weight is 324 g/mol. The predicted octanol–water partition coefficient (Wildman–Crippen LogP) is 3.64. The summed E-state index contributed by atoms with van der Waals surface area (Å²) >= 11 is 5.90. The number of ether oxygens (including phenoxy) is 1. The van der Waals surface area contributed by atoms with E-state index >= 15 is 0 Å². The van der Waals surface area contributed by atoms with Gasteiger partial charge < -0.3 is 4.74 Å². The number of carbonyl (C=O) groups is 2. The van der Waals surface area contributed by atoms with Gasteiger partial charge in [0.1, 0.15) is 18.2 Å². The molecule has 22 heavy (non-hydrogen) atoms. The van der Waals surface area contributed by atoms with Crippen LogP contribution in [0.2, 0.25) is 5.02 Å². The topological polar surface area (TPSA) is 46.6 Å². The Kier molecular flexibility index (Phi) is 4.66. The van der Waals surface area contributed by atoms with E-state index in [2.05, 4.69) is 6.58 Å². The number of hydrogen-bond donors (Lipinski definition) is 0.